The largest absolute Gasteiger partial charge is 0.0796 e. The molecule has 0 saturated heterocycles. The fourth-order valence-electron chi connectivity index (χ4n) is 2.66. The molecule has 3 aromatic rings. The van der Waals surface area contributed by atoms with Crippen LogP contribution in [0.3, 0.4) is 0 Å². The molecule has 0 heterocycles. The van der Waals surface area contributed by atoms with Crippen LogP contribution in [-0.2, 0) is 0 Å². The zero-order chi connectivity index (χ0) is 17.3. The Morgan fingerprint density at radius 1 is 0.680 bits per heavy atom. The molecule has 0 nitrogen and oxygen atoms in total. The first kappa shape index (κ1) is 17.4. The van der Waals surface area contributed by atoms with Crippen LogP contribution in [0.15, 0.2) is 103 Å². The summed E-state index contributed by atoms with van der Waals surface area (Å²) in [5, 5.41) is 2.85. The Labute approximate surface area is 152 Å². The predicted octanol–water partition coefficient (Wildman–Crippen LogP) is 5.70. The Morgan fingerprint density at radius 3 is 1.80 bits per heavy atom. The molecule has 3 aromatic carbocycles. The monoisotopic (exact) mass is 342 g/mol. The Kier molecular flexibility index (Phi) is 6.37. The molecule has 0 N–H and O–H groups in total. The third kappa shape index (κ3) is 5.28. The van der Waals surface area contributed by atoms with Crippen molar-refractivity contribution in [3.8, 4) is 0 Å². The zero-order valence-electron chi connectivity index (χ0n) is 14.5. The van der Waals surface area contributed by atoms with Gasteiger partial charge >= 0.3 is 0 Å². The second kappa shape index (κ2) is 9.16. The lowest BCUT2D eigenvalue weighted by atomic mass is 10.1. The number of allylic oxidation sites excluding steroid dienone is 3. The van der Waals surface area contributed by atoms with E-state index in [0.29, 0.717) is 0 Å². The second-order valence-electron chi connectivity index (χ2n) is 5.98. The molecule has 0 aliphatic heterocycles. The summed E-state index contributed by atoms with van der Waals surface area (Å²) in [5.41, 5.74) is 2.53. The van der Waals surface area contributed by atoms with E-state index in [0.717, 1.165) is 6.16 Å². The molecule has 25 heavy (non-hydrogen) atoms. The summed E-state index contributed by atoms with van der Waals surface area (Å²) in [7, 11) is -0.347. The van der Waals surface area contributed by atoms with Crippen molar-refractivity contribution in [2.24, 2.45) is 0 Å². The van der Waals surface area contributed by atoms with E-state index in [1.165, 1.54) is 21.7 Å². The van der Waals surface area contributed by atoms with E-state index >= 15 is 0 Å². The van der Waals surface area contributed by atoms with Gasteiger partial charge in [-0.3, -0.25) is 0 Å². The van der Waals surface area contributed by atoms with Crippen molar-refractivity contribution in [3.05, 3.63) is 114 Å². The highest BCUT2D eigenvalue weighted by Crippen LogP contribution is 2.33. The molecule has 0 amide bonds. The summed E-state index contributed by atoms with van der Waals surface area (Å²) in [6.45, 7) is 2.11. The molecule has 0 aromatic heterocycles. The minimum Gasteiger partial charge on any atom is -0.0796 e. The highest BCUT2D eigenvalue weighted by Gasteiger charge is 2.10. The number of aryl methyl sites for hydroxylation is 1. The van der Waals surface area contributed by atoms with Crippen LogP contribution in [0.25, 0.3) is 6.08 Å². The Hall–Kier alpha value is -2.43. The average molecular weight is 342 g/mol. The van der Waals surface area contributed by atoms with Gasteiger partial charge in [0.2, 0.25) is 0 Å². The van der Waals surface area contributed by atoms with Gasteiger partial charge in [0, 0.05) is 0 Å². The third-order valence-electron chi connectivity index (χ3n) is 4.04. The van der Waals surface area contributed by atoms with Crippen molar-refractivity contribution in [2.75, 3.05) is 6.16 Å². The molecule has 0 unspecified atom stereocenters. The number of hydrogen-bond donors (Lipinski definition) is 0. The lowest BCUT2D eigenvalue weighted by Crippen LogP contribution is -2.12. The second-order valence-corrected chi connectivity index (χ2v) is 8.23. The minimum absolute atomic E-state index is 0.347. The Morgan fingerprint density at radius 2 is 1.24 bits per heavy atom. The summed E-state index contributed by atoms with van der Waals surface area (Å²) < 4.78 is 0. The lowest BCUT2D eigenvalue weighted by Gasteiger charge is -2.16. The van der Waals surface area contributed by atoms with Crippen LogP contribution in [0.5, 0.6) is 0 Å². The topological polar surface area (TPSA) is 0 Å². The SMILES string of the molecule is Cc1ccc(/C=C/C=C/CP(c2ccccc2)c2ccccc2)cc1. The van der Waals surface area contributed by atoms with Gasteiger partial charge in [-0.1, -0.05) is 115 Å². The van der Waals surface area contributed by atoms with Gasteiger partial charge < -0.3 is 0 Å². The lowest BCUT2D eigenvalue weighted by molar-refractivity contribution is 1.46. The third-order valence-corrected chi connectivity index (χ3v) is 6.46. The van der Waals surface area contributed by atoms with Crippen LogP contribution in [-0.4, -0.2) is 6.16 Å². The summed E-state index contributed by atoms with van der Waals surface area (Å²) >= 11 is 0. The van der Waals surface area contributed by atoms with Crippen molar-refractivity contribution >= 4 is 24.6 Å². The van der Waals surface area contributed by atoms with Crippen LogP contribution >= 0.6 is 7.92 Å². The molecule has 0 aliphatic carbocycles. The smallest absolute Gasteiger partial charge is 0.00611 e. The van der Waals surface area contributed by atoms with Gasteiger partial charge in [0.25, 0.3) is 0 Å². The van der Waals surface area contributed by atoms with Gasteiger partial charge in [-0.05, 0) is 37.2 Å². The highest BCUT2D eigenvalue weighted by molar-refractivity contribution is 7.73. The first-order valence-electron chi connectivity index (χ1n) is 8.60. The van der Waals surface area contributed by atoms with Crippen LogP contribution in [0, 0.1) is 6.92 Å². The maximum Gasteiger partial charge on any atom is -0.00611 e. The minimum atomic E-state index is -0.347. The van der Waals surface area contributed by atoms with Crippen LogP contribution < -0.4 is 10.6 Å². The molecule has 1 heteroatoms. The molecule has 0 bridgehead atoms. The normalized spacial score (nSPS) is 11.6. The number of hydrogen-bond acceptors (Lipinski definition) is 0. The van der Waals surface area contributed by atoms with Crippen molar-refractivity contribution < 1.29 is 0 Å². The fraction of sp³-hybridized carbons (Fsp3) is 0.0833. The van der Waals surface area contributed by atoms with Gasteiger partial charge in [-0.15, -0.1) is 0 Å². The summed E-state index contributed by atoms with van der Waals surface area (Å²) in [4.78, 5) is 0. The molecule has 0 atom stereocenters. The molecular weight excluding hydrogens is 319 g/mol. The maximum atomic E-state index is 2.29. The average Bonchev–Trinajstić information content (AvgIpc) is 2.67. The molecule has 0 radical (unpaired) electrons. The van der Waals surface area contributed by atoms with Gasteiger partial charge in [-0.25, -0.2) is 0 Å². The van der Waals surface area contributed by atoms with Gasteiger partial charge in [0.1, 0.15) is 0 Å². The molecule has 3 rings (SSSR count). The van der Waals surface area contributed by atoms with Crippen molar-refractivity contribution in [1.29, 1.82) is 0 Å². The van der Waals surface area contributed by atoms with E-state index in [9.17, 15) is 0 Å². The van der Waals surface area contributed by atoms with E-state index in [-0.39, 0.29) is 7.92 Å². The number of benzene rings is 3. The standard InChI is InChI=1S/C24H23P/c1-21-16-18-22(19-17-21)11-5-4-10-20-25(23-12-6-2-7-13-23)24-14-8-3-9-15-24/h2-19H,20H2,1H3/b10-4+,11-5+. The van der Waals surface area contributed by atoms with Gasteiger partial charge in [-0.2, -0.15) is 0 Å². The fourth-order valence-corrected chi connectivity index (χ4v) is 4.78. The van der Waals surface area contributed by atoms with E-state index in [4.69, 9.17) is 0 Å². The Balaban J connectivity index is 1.69. The van der Waals surface area contributed by atoms with E-state index in [1.807, 2.05) is 0 Å². The molecule has 0 aliphatic rings. The van der Waals surface area contributed by atoms with Crippen LogP contribution in [0.4, 0.5) is 0 Å². The van der Waals surface area contributed by atoms with Crippen LogP contribution in [0.1, 0.15) is 11.1 Å². The summed E-state index contributed by atoms with van der Waals surface area (Å²) in [6.07, 6.45) is 9.80. The van der Waals surface area contributed by atoms with Crippen LogP contribution in [0.2, 0.25) is 0 Å². The van der Waals surface area contributed by atoms with E-state index in [1.54, 1.807) is 0 Å². The molecular formula is C24H23P. The molecule has 0 spiro atoms. The van der Waals surface area contributed by atoms with E-state index in [2.05, 4.69) is 116 Å². The van der Waals surface area contributed by atoms with Crippen molar-refractivity contribution in [3.63, 3.8) is 0 Å². The molecule has 0 fully saturated rings. The Bertz CT molecular complexity index is 775. The first-order chi connectivity index (χ1) is 12.3. The summed E-state index contributed by atoms with van der Waals surface area (Å²) in [6, 6.07) is 30.3. The quantitative estimate of drug-likeness (QED) is 0.398. The predicted molar refractivity (Wildman–Crippen MR) is 113 cm³/mol. The van der Waals surface area contributed by atoms with Crippen molar-refractivity contribution in [1.82, 2.24) is 0 Å². The van der Waals surface area contributed by atoms with Gasteiger partial charge in [0.15, 0.2) is 0 Å². The zero-order valence-corrected chi connectivity index (χ0v) is 15.4. The van der Waals surface area contributed by atoms with Crippen molar-refractivity contribution in [2.45, 2.75) is 6.92 Å². The molecule has 0 saturated carbocycles. The maximum absolute atomic E-state index is 2.29. The first-order valence-corrected chi connectivity index (χ1v) is 10.1. The highest BCUT2D eigenvalue weighted by atomic mass is 31.1. The van der Waals surface area contributed by atoms with Gasteiger partial charge in [0.05, 0.1) is 0 Å². The van der Waals surface area contributed by atoms with E-state index < -0.39 is 0 Å². The number of rotatable bonds is 6. The summed E-state index contributed by atoms with van der Waals surface area (Å²) in [5.74, 6) is 0. The molecule has 124 valence electrons.